The molecule has 0 fully saturated rings. The number of alkyl halides is 1. The molecule has 9 heavy (non-hydrogen) atoms. The molecule has 4 heteroatoms. The maximum absolute atomic E-state index is 8.79. The van der Waals surface area contributed by atoms with Gasteiger partial charge in [-0.15, -0.1) is 0 Å². The number of ether oxygens (including phenoxy) is 2. The highest BCUT2D eigenvalue weighted by Gasteiger charge is 2.30. The van der Waals surface area contributed by atoms with E-state index in [0.717, 1.165) is 0 Å². The molecule has 56 valence electrons. The molecule has 0 aromatic rings. The van der Waals surface area contributed by atoms with Crippen molar-refractivity contribution in [3.63, 3.8) is 0 Å². The average molecular weight is 155 g/mol. The van der Waals surface area contributed by atoms with Crippen molar-refractivity contribution in [1.82, 2.24) is 0 Å². The lowest BCUT2D eigenvalue weighted by atomic mass is 10.3. The van der Waals surface area contributed by atoms with Crippen LogP contribution in [0.2, 0.25) is 0 Å². The SMILES string of the molecule is COC(C)(OC)C(O)Cl. The lowest BCUT2D eigenvalue weighted by Gasteiger charge is -2.27. The molecule has 0 bridgehead atoms. The second-order valence-electron chi connectivity index (χ2n) is 1.76. The van der Waals surface area contributed by atoms with Crippen molar-refractivity contribution in [3.8, 4) is 0 Å². The van der Waals surface area contributed by atoms with Gasteiger partial charge in [0, 0.05) is 14.2 Å². The summed E-state index contributed by atoms with van der Waals surface area (Å²) in [6.45, 7) is 1.55. The Morgan fingerprint density at radius 3 is 1.78 bits per heavy atom. The Balaban J connectivity index is 3.92. The van der Waals surface area contributed by atoms with Gasteiger partial charge in [-0.3, -0.25) is 0 Å². The fourth-order valence-corrected chi connectivity index (χ4v) is 0.456. The summed E-state index contributed by atoms with van der Waals surface area (Å²) >= 11 is 5.29. The normalized spacial score (nSPS) is 15.7. The van der Waals surface area contributed by atoms with Crippen LogP contribution in [0.1, 0.15) is 6.92 Å². The van der Waals surface area contributed by atoms with Crippen molar-refractivity contribution in [2.24, 2.45) is 0 Å². The Bertz CT molecular complexity index is 80.3. The first-order chi connectivity index (χ1) is 4.06. The lowest BCUT2D eigenvalue weighted by Crippen LogP contribution is -2.39. The molecule has 0 aliphatic heterocycles. The highest BCUT2D eigenvalue weighted by molar-refractivity contribution is 6.20. The first-order valence-electron chi connectivity index (χ1n) is 2.49. The maximum Gasteiger partial charge on any atom is 0.205 e. The van der Waals surface area contributed by atoms with E-state index >= 15 is 0 Å². The predicted molar refractivity (Wildman–Crippen MR) is 34.3 cm³/mol. The Labute approximate surface area is 59.5 Å². The topological polar surface area (TPSA) is 38.7 Å². The smallest absolute Gasteiger partial charge is 0.205 e. The van der Waals surface area contributed by atoms with E-state index in [1.54, 1.807) is 6.92 Å². The average Bonchev–Trinajstić information content (AvgIpc) is 1.86. The summed E-state index contributed by atoms with van der Waals surface area (Å²) < 4.78 is 9.49. The standard InChI is InChI=1S/C5H11ClO3/c1-5(8-2,9-3)4(6)7/h4,7H,1-3H3. The quantitative estimate of drug-likeness (QED) is 0.477. The molecule has 0 heterocycles. The Morgan fingerprint density at radius 2 is 1.78 bits per heavy atom. The molecule has 0 aromatic carbocycles. The first kappa shape index (κ1) is 9.17. The van der Waals surface area contributed by atoms with Crippen LogP contribution in [0.3, 0.4) is 0 Å². The van der Waals surface area contributed by atoms with Crippen molar-refractivity contribution >= 4 is 11.6 Å². The zero-order valence-corrected chi connectivity index (χ0v) is 6.47. The minimum absolute atomic E-state index is 1.10. The number of halogens is 1. The Morgan fingerprint density at radius 1 is 1.44 bits per heavy atom. The van der Waals surface area contributed by atoms with Gasteiger partial charge in [-0.2, -0.15) is 0 Å². The summed E-state index contributed by atoms with van der Waals surface area (Å²) in [5.74, 6) is -1.10. The molecule has 0 spiro atoms. The van der Waals surface area contributed by atoms with Gasteiger partial charge in [0.1, 0.15) is 0 Å². The number of aliphatic hydroxyl groups excluding tert-OH is 1. The van der Waals surface area contributed by atoms with Gasteiger partial charge in [-0.05, 0) is 6.92 Å². The summed E-state index contributed by atoms with van der Waals surface area (Å²) in [7, 11) is 2.82. The van der Waals surface area contributed by atoms with E-state index in [4.69, 9.17) is 26.2 Å². The second-order valence-corrected chi connectivity index (χ2v) is 2.17. The molecular weight excluding hydrogens is 144 g/mol. The van der Waals surface area contributed by atoms with Crippen LogP contribution in [0.4, 0.5) is 0 Å². The van der Waals surface area contributed by atoms with Crippen molar-refractivity contribution in [3.05, 3.63) is 0 Å². The molecule has 1 unspecified atom stereocenters. The van der Waals surface area contributed by atoms with Gasteiger partial charge < -0.3 is 14.6 Å². The van der Waals surface area contributed by atoms with Gasteiger partial charge in [0.25, 0.3) is 0 Å². The predicted octanol–water partition coefficient (Wildman–Crippen LogP) is 0.553. The van der Waals surface area contributed by atoms with Crippen molar-refractivity contribution in [2.45, 2.75) is 18.3 Å². The van der Waals surface area contributed by atoms with Crippen LogP contribution in [0.15, 0.2) is 0 Å². The van der Waals surface area contributed by atoms with Crippen LogP contribution in [0.25, 0.3) is 0 Å². The molecule has 0 aliphatic rings. The fraction of sp³-hybridized carbons (Fsp3) is 1.00. The molecule has 0 radical (unpaired) electrons. The van der Waals surface area contributed by atoms with Crippen molar-refractivity contribution < 1.29 is 14.6 Å². The largest absolute Gasteiger partial charge is 0.373 e. The second kappa shape index (κ2) is 3.37. The van der Waals surface area contributed by atoms with E-state index in [0.29, 0.717) is 0 Å². The van der Waals surface area contributed by atoms with Gasteiger partial charge in [-0.25, -0.2) is 0 Å². The minimum atomic E-state index is -1.15. The van der Waals surface area contributed by atoms with Crippen LogP contribution in [0, 0.1) is 0 Å². The van der Waals surface area contributed by atoms with Crippen LogP contribution < -0.4 is 0 Å². The summed E-state index contributed by atoms with van der Waals surface area (Å²) in [5, 5.41) is 8.79. The van der Waals surface area contributed by atoms with Gasteiger partial charge >= 0.3 is 0 Å². The van der Waals surface area contributed by atoms with Gasteiger partial charge in [0.05, 0.1) is 0 Å². The first-order valence-corrected chi connectivity index (χ1v) is 2.93. The van der Waals surface area contributed by atoms with Gasteiger partial charge in [0.15, 0.2) is 5.56 Å². The van der Waals surface area contributed by atoms with E-state index in [1.807, 2.05) is 0 Å². The lowest BCUT2D eigenvalue weighted by molar-refractivity contribution is -0.226. The monoisotopic (exact) mass is 154 g/mol. The van der Waals surface area contributed by atoms with Crippen LogP contribution in [-0.4, -0.2) is 30.7 Å². The van der Waals surface area contributed by atoms with Gasteiger partial charge in [-0.1, -0.05) is 11.6 Å². The summed E-state index contributed by atoms with van der Waals surface area (Å²) in [6, 6.07) is 0. The number of methoxy groups -OCH3 is 2. The molecule has 0 aliphatic carbocycles. The van der Waals surface area contributed by atoms with Gasteiger partial charge in [0.2, 0.25) is 5.79 Å². The highest BCUT2D eigenvalue weighted by Crippen LogP contribution is 2.17. The Kier molecular flexibility index (Phi) is 3.43. The molecule has 0 aromatic heterocycles. The maximum atomic E-state index is 8.79. The van der Waals surface area contributed by atoms with Crippen molar-refractivity contribution in [1.29, 1.82) is 0 Å². The number of hydrogen-bond acceptors (Lipinski definition) is 3. The summed E-state index contributed by atoms with van der Waals surface area (Å²) in [6.07, 6.45) is 0. The Hall–Kier alpha value is 0.170. The molecule has 3 nitrogen and oxygen atoms in total. The molecule has 0 saturated carbocycles. The number of hydrogen-bond donors (Lipinski definition) is 1. The molecule has 1 N–H and O–H groups in total. The van der Waals surface area contributed by atoms with E-state index in [-0.39, 0.29) is 0 Å². The van der Waals surface area contributed by atoms with Crippen LogP contribution in [0.5, 0.6) is 0 Å². The minimum Gasteiger partial charge on any atom is -0.373 e. The zero-order chi connectivity index (χ0) is 7.49. The molecule has 0 rings (SSSR count). The fourth-order valence-electron chi connectivity index (χ4n) is 0.278. The molecular formula is C5H11ClO3. The van der Waals surface area contributed by atoms with E-state index in [2.05, 4.69) is 0 Å². The zero-order valence-electron chi connectivity index (χ0n) is 5.72. The van der Waals surface area contributed by atoms with E-state index in [9.17, 15) is 0 Å². The summed E-state index contributed by atoms with van der Waals surface area (Å²) in [4.78, 5) is 0. The number of rotatable bonds is 3. The third-order valence-electron chi connectivity index (χ3n) is 1.24. The van der Waals surface area contributed by atoms with Crippen LogP contribution >= 0.6 is 11.6 Å². The van der Waals surface area contributed by atoms with E-state index in [1.165, 1.54) is 14.2 Å². The van der Waals surface area contributed by atoms with Crippen molar-refractivity contribution in [2.75, 3.05) is 14.2 Å². The molecule has 1 atom stereocenters. The molecule has 0 saturated heterocycles. The third kappa shape index (κ3) is 2.10. The highest BCUT2D eigenvalue weighted by atomic mass is 35.5. The summed E-state index contributed by atoms with van der Waals surface area (Å²) in [5.41, 5.74) is -1.15. The van der Waals surface area contributed by atoms with Crippen LogP contribution in [-0.2, 0) is 9.47 Å². The molecule has 0 amide bonds. The van der Waals surface area contributed by atoms with E-state index < -0.39 is 11.4 Å². The number of aliphatic hydroxyl groups is 1. The third-order valence-corrected chi connectivity index (χ3v) is 1.64.